The summed E-state index contributed by atoms with van der Waals surface area (Å²) in [6, 6.07) is 0. The average Bonchev–Trinajstić information content (AvgIpc) is 1.25. The maximum Gasteiger partial charge on any atom is 1.00 e. The fourth-order valence-electron chi connectivity index (χ4n) is 0. The molecule has 0 aromatic heterocycles. The standard InChI is InChI=1S/CHF3O3S.Li.H3N/c2-1(3,4)8(5,6)7;;/h(H,5,6,7);;1H3/q;+1;/p-1. The Morgan fingerprint density at radius 2 is 1.30 bits per heavy atom. The molecule has 0 spiro atoms. The van der Waals surface area contributed by atoms with Crippen LogP contribution >= 0.6 is 0 Å². The third-order valence-corrected chi connectivity index (χ3v) is 0.850. The van der Waals surface area contributed by atoms with Crippen LogP contribution in [0.15, 0.2) is 0 Å². The van der Waals surface area contributed by atoms with E-state index in [-0.39, 0.29) is 25.0 Å². The van der Waals surface area contributed by atoms with Crippen molar-refractivity contribution in [3.05, 3.63) is 0 Å². The minimum atomic E-state index is -6.09. The first kappa shape index (κ1) is 16.7. The van der Waals surface area contributed by atoms with E-state index < -0.39 is 15.6 Å². The molecule has 10 heavy (non-hydrogen) atoms. The molecule has 0 atom stereocenters. The summed E-state index contributed by atoms with van der Waals surface area (Å²) in [5.74, 6) is 0. The molecule has 0 saturated carbocycles. The van der Waals surface area contributed by atoms with Gasteiger partial charge in [0.1, 0.15) is 0 Å². The molecular weight excluding hydrogens is 170 g/mol. The summed E-state index contributed by atoms with van der Waals surface area (Å²) in [6.45, 7) is 0. The first-order valence-electron chi connectivity index (χ1n) is 1.27. The summed E-state index contributed by atoms with van der Waals surface area (Å²) in [7, 11) is -6.09. The molecule has 9 heteroatoms. The third kappa shape index (κ3) is 5.07. The van der Waals surface area contributed by atoms with Crippen LogP contribution in [0.5, 0.6) is 0 Å². The van der Waals surface area contributed by atoms with E-state index in [2.05, 4.69) is 0 Å². The second kappa shape index (κ2) is 4.20. The molecule has 58 valence electrons. The van der Waals surface area contributed by atoms with Crippen LogP contribution in [0.4, 0.5) is 13.2 Å². The van der Waals surface area contributed by atoms with Gasteiger partial charge in [0.25, 0.3) is 0 Å². The molecule has 0 aliphatic carbocycles. The largest absolute Gasteiger partial charge is 1.00 e. The number of hydrogen-bond donors (Lipinski definition) is 1. The molecule has 0 aliphatic heterocycles. The molecule has 0 aromatic carbocycles. The van der Waals surface area contributed by atoms with Gasteiger partial charge in [-0.25, -0.2) is 8.42 Å². The second-order valence-corrected chi connectivity index (χ2v) is 2.27. The molecule has 0 radical (unpaired) electrons. The van der Waals surface area contributed by atoms with Crippen LogP contribution in [0.25, 0.3) is 0 Å². The molecule has 3 N–H and O–H groups in total. The molecule has 0 rings (SSSR count). The van der Waals surface area contributed by atoms with Crippen LogP contribution < -0.4 is 25.0 Å². The molecular formula is CH3F3LiNO3S. The SMILES string of the molecule is N.O=S(=O)([O-])C(F)(F)F.[Li+]. The van der Waals surface area contributed by atoms with E-state index in [0.29, 0.717) is 0 Å². The van der Waals surface area contributed by atoms with Gasteiger partial charge in [0.15, 0.2) is 10.1 Å². The summed E-state index contributed by atoms with van der Waals surface area (Å²) in [5.41, 5.74) is -5.65. The molecule has 4 nitrogen and oxygen atoms in total. The monoisotopic (exact) mass is 173 g/mol. The van der Waals surface area contributed by atoms with Crippen molar-refractivity contribution in [1.29, 1.82) is 0 Å². The van der Waals surface area contributed by atoms with Crippen molar-refractivity contribution < 1.29 is 45.0 Å². The fourth-order valence-corrected chi connectivity index (χ4v) is 0. The molecule has 0 fully saturated rings. The van der Waals surface area contributed by atoms with E-state index in [9.17, 15) is 13.2 Å². The quantitative estimate of drug-likeness (QED) is 0.243. The van der Waals surface area contributed by atoms with Gasteiger partial charge in [0.05, 0.1) is 0 Å². The Hall–Kier alpha value is 0.257. The van der Waals surface area contributed by atoms with Gasteiger partial charge in [0.2, 0.25) is 0 Å². The summed E-state index contributed by atoms with van der Waals surface area (Å²) < 4.78 is 58.9. The van der Waals surface area contributed by atoms with Crippen LogP contribution in [0.2, 0.25) is 0 Å². The Labute approximate surface area is 67.3 Å². The first-order valence-corrected chi connectivity index (χ1v) is 2.68. The molecule has 0 amide bonds. The molecule has 0 aliphatic rings. The Bertz CT molecular complexity index is 173. The molecule has 0 unspecified atom stereocenters. The summed E-state index contributed by atoms with van der Waals surface area (Å²) in [4.78, 5) is 0. The predicted octanol–water partition coefficient (Wildman–Crippen LogP) is -2.78. The van der Waals surface area contributed by atoms with Crippen LogP contribution in [0.1, 0.15) is 0 Å². The van der Waals surface area contributed by atoms with Crippen molar-refractivity contribution >= 4 is 10.1 Å². The van der Waals surface area contributed by atoms with E-state index in [1.54, 1.807) is 0 Å². The van der Waals surface area contributed by atoms with Crippen molar-refractivity contribution in [3.8, 4) is 0 Å². The molecule has 0 bridgehead atoms. The predicted molar refractivity (Wildman–Crippen MR) is 20.8 cm³/mol. The van der Waals surface area contributed by atoms with Crippen LogP contribution in [0, 0.1) is 0 Å². The normalized spacial score (nSPS) is 11.2. The van der Waals surface area contributed by atoms with Crippen molar-refractivity contribution in [3.63, 3.8) is 0 Å². The Balaban J connectivity index is -0.000000245. The number of rotatable bonds is 0. The zero-order valence-corrected chi connectivity index (χ0v) is 5.79. The van der Waals surface area contributed by atoms with Gasteiger partial charge in [-0.2, -0.15) is 13.2 Å². The van der Waals surface area contributed by atoms with Gasteiger partial charge in [-0.15, -0.1) is 0 Å². The Kier molecular flexibility index (Phi) is 7.01. The van der Waals surface area contributed by atoms with Crippen molar-refractivity contribution in [2.24, 2.45) is 0 Å². The van der Waals surface area contributed by atoms with E-state index in [1.165, 1.54) is 0 Å². The molecule has 0 aromatic rings. The van der Waals surface area contributed by atoms with E-state index in [0.717, 1.165) is 0 Å². The van der Waals surface area contributed by atoms with Crippen molar-refractivity contribution in [2.45, 2.75) is 5.51 Å². The van der Waals surface area contributed by atoms with Crippen molar-refractivity contribution in [1.82, 2.24) is 6.15 Å². The third-order valence-electron chi connectivity index (χ3n) is 0.283. The average molecular weight is 173 g/mol. The van der Waals surface area contributed by atoms with Gasteiger partial charge in [-0.1, -0.05) is 0 Å². The number of alkyl halides is 3. The smallest absolute Gasteiger partial charge is 0.741 e. The first-order chi connectivity index (χ1) is 3.25. The summed E-state index contributed by atoms with van der Waals surface area (Å²) in [5, 5.41) is 0. The maximum atomic E-state index is 10.7. The van der Waals surface area contributed by atoms with Gasteiger partial charge in [-0.3, -0.25) is 0 Å². The molecule has 0 saturated heterocycles. The summed E-state index contributed by atoms with van der Waals surface area (Å²) >= 11 is 0. The topological polar surface area (TPSA) is 92.2 Å². The zero-order valence-electron chi connectivity index (χ0n) is 4.97. The van der Waals surface area contributed by atoms with Crippen molar-refractivity contribution in [2.75, 3.05) is 0 Å². The van der Waals surface area contributed by atoms with E-state index in [1.807, 2.05) is 0 Å². The van der Waals surface area contributed by atoms with Gasteiger partial charge in [0, 0.05) is 0 Å². The van der Waals surface area contributed by atoms with E-state index in [4.69, 9.17) is 13.0 Å². The maximum absolute atomic E-state index is 10.7. The Morgan fingerprint density at radius 3 is 1.30 bits per heavy atom. The van der Waals surface area contributed by atoms with Gasteiger partial charge >= 0.3 is 24.4 Å². The van der Waals surface area contributed by atoms with Crippen LogP contribution in [0.3, 0.4) is 0 Å². The minimum Gasteiger partial charge on any atom is -0.741 e. The van der Waals surface area contributed by atoms with E-state index >= 15 is 0 Å². The van der Waals surface area contributed by atoms with Crippen LogP contribution in [-0.2, 0) is 10.1 Å². The molecule has 0 heterocycles. The minimum absolute atomic E-state index is 0. The van der Waals surface area contributed by atoms with Gasteiger partial charge < -0.3 is 10.7 Å². The number of halogens is 3. The van der Waals surface area contributed by atoms with Crippen LogP contribution in [-0.4, -0.2) is 18.5 Å². The Morgan fingerprint density at radius 1 is 1.20 bits per heavy atom. The summed E-state index contributed by atoms with van der Waals surface area (Å²) in [6.07, 6.45) is 0. The number of hydrogen-bond acceptors (Lipinski definition) is 4. The van der Waals surface area contributed by atoms with Gasteiger partial charge in [-0.05, 0) is 0 Å². The fraction of sp³-hybridized carbons (Fsp3) is 1.00. The zero-order chi connectivity index (χ0) is 7.00. The second-order valence-electron chi connectivity index (χ2n) is 0.900.